The lowest BCUT2D eigenvalue weighted by molar-refractivity contribution is -0.129. The molecular formula is C11H12O3. The summed E-state index contributed by atoms with van der Waals surface area (Å²) in [5, 5.41) is 0. The number of ether oxygens (including phenoxy) is 2. The van der Waals surface area contributed by atoms with E-state index in [1.54, 1.807) is 6.07 Å². The smallest absolute Gasteiger partial charge is 0.339 e. The molecule has 0 aliphatic heterocycles. The van der Waals surface area contributed by atoms with Crippen molar-refractivity contribution in [2.45, 2.75) is 6.92 Å². The second-order valence-corrected chi connectivity index (χ2v) is 2.73. The largest absolute Gasteiger partial charge is 0.504 e. The standard InChI is InChI=1S/C11H12O3/c1-9-5-3-4-6-10(9)14-11(12)7-8-13-2/h3-8H,1-2H3. The van der Waals surface area contributed by atoms with Crippen molar-refractivity contribution in [3.63, 3.8) is 0 Å². The van der Waals surface area contributed by atoms with Gasteiger partial charge in [0.15, 0.2) is 0 Å². The molecule has 0 amide bonds. The molecule has 3 nitrogen and oxygen atoms in total. The summed E-state index contributed by atoms with van der Waals surface area (Å²) >= 11 is 0. The molecule has 0 saturated heterocycles. The molecule has 74 valence electrons. The average Bonchev–Trinajstić information content (AvgIpc) is 2.18. The van der Waals surface area contributed by atoms with Crippen LogP contribution < -0.4 is 4.74 Å². The van der Waals surface area contributed by atoms with Gasteiger partial charge in [-0.3, -0.25) is 0 Å². The highest BCUT2D eigenvalue weighted by Gasteiger charge is 2.02. The fourth-order valence-corrected chi connectivity index (χ4v) is 0.937. The normalized spacial score (nSPS) is 10.1. The van der Waals surface area contributed by atoms with Gasteiger partial charge in [0.25, 0.3) is 0 Å². The van der Waals surface area contributed by atoms with Gasteiger partial charge in [0.2, 0.25) is 0 Å². The molecule has 0 atom stereocenters. The highest BCUT2D eigenvalue weighted by Crippen LogP contribution is 2.16. The van der Waals surface area contributed by atoms with Crippen LogP contribution in [0.25, 0.3) is 0 Å². The molecule has 0 heterocycles. The number of carbonyl (C=O) groups excluding carboxylic acids is 1. The topological polar surface area (TPSA) is 35.5 Å². The van der Waals surface area contributed by atoms with Crippen LogP contribution in [0.5, 0.6) is 5.75 Å². The van der Waals surface area contributed by atoms with Gasteiger partial charge in [0, 0.05) is 0 Å². The highest BCUT2D eigenvalue weighted by molar-refractivity contribution is 5.83. The van der Waals surface area contributed by atoms with Crippen molar-refractivity contribution in [1.29, 1.82) is 0 Å². The third-order valence-electron chi connectivity index (χ3n) is 1.64. The molecule has 0 radical (unpaired) electrons. The number of para-hydroxylation sites is 1. The van der Waals surface area contributed by atoms with Crippen molar-refractivity contribution >= 4 is 5.97 Å². The molecule has 0 bridgehead atoms. The van der Waals surface area contributed by atoms with Gasteiger partial charge in [-0.15, -0.1) is 0 Å². The van der Waals surface area contributed by atoms with Crippen LogP contribution in [-0.4, -0.2) is 13.1 Å². The van der Waals surface area contributed by atoms with Gasteiger partial charge in [-0.25, -0.2) is 4.79 Å². The van der Waals surface area contributed by atoms with Gasteiger partial charge in [0.05, 0.1) is 19.4 Å². The van der Waals surface area contributed by atoms with Gasteiger partial charge >= 0.3 is 5.97 Å². The first-order valence-corrected chi connectivity index (χ1v) is 4.21. The minimum Gasteiger partial charge on any atom is -0.504 e. The van der Waals surface area contributed by atoms with Crippen molar-refractivity contribution in [2.24, 2.45) is 0 Å². The van der Waals surface area contributed by atoms with Crippen molar-refractivity contribution in [3.8, 4) is 5.75 Å². The van der Waals surface area contributed by atoms with Crippen LogP contribution >= 0.6 is 0 Å². The Labute approximate surface area is 83.0 Å². The second kappa shape index (κ2) is 5.07. The average molecular weight is 192 g/mol. The van der Waals surface area contributed by atoms with Gasteiger partial charge in [-0.1, -0.05) is 18.2 Å². The number of hydrogen-bond acceptors (Lipinski definition) is 3. The molecular weight excluding hydrogens is 180 g/mol. The van der Waals surface area contributed by atoms with E-state index in [1.807, 2.05) is 25.1 Å². The lowest BCUT2D eigenvalue weighted by Gasteiger charge is -2.03. The maximum atomic E-state index is 11.1. The van der Waals surface area contributed by atoms with E-state index in [0.29, 0.717) is 5.75 Å². The summed E-state index contributed by atoms with van der Waals surface area (Å²) in [5.74, 6) is 0.124. The van der Waals surface area contributed by atoms with E-state index in [9.17, 15) is 4.79 Å². The Morgan fingerprint density at radius 1 is 1.36 bits per heavy atom. The quantitative estimate of drug-likeness (QED) is 0.318. The summed E-state index contributed by atoms with van der Waals surface area (Å²) in [6.45, 7) is 1.88. The van der Waals surface area contributed by atoms with E-state index >= 15 is 0 Å². The maximum Gasteiger partial charge on any atom is 0.339 e. The Morgan fingerprint density at radius 3 is 2.71 bits per heavy atom. The molecule has 0 aliphatic rings. The zero-order valence-electron chi connectivity index (χ0n) is 8.19. The first-order valence-electron chi connectivity index (χ1n) is 4.21. The molecule has 1 aromatic rings. The first-order chi connectivity index (χ1) is 6.74. The Bertz CT molecular complexity index is 342. The number of esters is 1. The molecule has 0 fully saturated rings. The summed E-state index contributed by atoms with van der Waals surface area (Å²) in [6.07, 6.45) is 2.51. The number of carbonyl (C=O) groups is 1. The lowest BCUT2D eigenvalue weighted by Crippen LogP contribution is -2.04. The lowest BCUT2D eigenvalue weighted by atomic mass is 10.2. The van der Waals surface area contributed by atoms with Crippen LogP contribution in [-0.2, 0) is 9.53 Å². The fourth-order valence-electron chi connectivity index (χ4n) is 0.937. The highest BCUT2D eigenvalue weighted by atomic mass is 16.5. The van der Waals surface area contributed by atoms with E-state index < -0.39 is 5.97 Å². The number of aryl methyl sites for hydroxylation is 1. The summed E-state index contributed by atoms with van der Waals surface area (Å²) in [7, 11) is 1.47. The fraction of sp³-hybridized carbons (Fsp3) is 0.182. The molecule has 0 N–H and O–H groups in total. The molecule has 1 aromatic carbocycles. The van der Waals surface area contributed by atoms with Crippen LogP contribution in [0.4, 0.5) is 0 Å². The Morgan fingerprint density at radius 2 is 2.07 bits per heavy atom. The second-order valence-electron chi connectivity index (χ2n) is 2.73. The first kappa shape index (κ1) is 10.3. The molecule has 14 heavy (non-hydrogen) atoms. The van der Waals surface area contributed by atoms with Gasteiger partial charge in [-0.05, 0) is 18.6 Å². The zero-order valence-corrected chi connectivity index (χ0v) is 8.19. The van der Waals surface area contributed by atoms with Crippen molar-refractivity contribution in [1.82, 2.24) is 0 Å². The summed E-state index contributed by atoms with van der Waals surface area (Å²) in [5.41, 5.74) is 0.923. The molecule has 0 unspecified atom stereocenters. The number of rotatable bonds is 3. The molecule has 1 rings (SSSR count). The third-order valence-corrected chi connectivity index (χ3v) is 1.64. The SMILES string of the molecule is COC=CC(=O)Oc1ccccc1C. The van der Waals surface area contributed by atoms with Gasteiger partial charge in [-0.2, -0.15) is 0 Å². The van der Waals surface area contributed by atoms with E-state index in [1.165, 1.54) is 19.4 Å². The predicted molar refractivity (Wildman–Crippen MR) is 53.0 cm³/mol. The van der Waals surface area contributed by atoms with Crippen molar-refractivity contribution < 1.29 is 14.3 Å². The molecule has 0 aliphatic carbocycles. The number of methoxy groups -OCH3 is 1. The van der Waals surface area contributed by atoms with Crippen molar-refractivity contribution in [2.75, 3.05) is 7.11 Å². The van der Waals surface area contributed by atoms with Crippen molar-refractivity contribution in [3.05, 3.63) is 42.2 Å². The number of benzene rings is 1. The maximum absolute atomic E-state index is 11.1. The van der Waals surface area contributed by atoms with Crippen LogP contribution in [0.15, 0.2) is 36.6 Å². The van der Waals surface area contributed by atoms with E-state index in [-0.39, 0.29) is 0 Å². The van der Waals surface area contributed by atoms with Crippen LogP contribution in [0.3, 0.4) is 0 Å². The minimum absolute atomic E-state index is 0.443. The Balaban J connectivity index is 2.65. The molecule has 0 saturated carbocycles. The van der Waals surface area contributed by atoms with Crippen LogP contribution in [0.1, 0.15) is 5.56 Å². The van der Waals surface area contributed by atoms with E-state index in [4.69, 9.17) is 4.74 Å². The third kappa shape index (κ3) is 2.94. The van der Waals surface area contributed by atoms with Crippen LogP contribution in [0, 0.1) is 6.92 Å². The van der Waals surface area contributed by atoms with Gasteiger partial charge in [0.1, 0.15) is 5.75 Å². The Kier molecular flexibility index (Phi) is 3.73. The zero-order chi connectivity index (χ0) is 10.4. The van der Waals surface area contributed by atoms with Crippen LogP contribution in [0.2, 0.25) is 0 Å². The Hall–Kier alpha value is -1.77. The summed E-state index contributed by atoms with van der Waals surface area (Å²) in [6, 6.07) is 7.32. The summed E-state index contributed by atoms with van der Waals surface area (Å²) in [4.78, 5) is 11.1. The van der Waals surface area contributed by atoms with E-state index in [2.05, 4.69) is 4.74 Å². The number of hydrogen-bond donors (Lipinski definition) is 0. The minimum atomic E-state index is -0.443. The molecule has 0 aromatic heterocycles. The summed E-state index contributed by atoms with van der Waals surface area (Å²) < 4.78 is 9.64. The molecule has 3 heteroatoms. The monoisotopic (exact) mass is 192 g/mol. The predicted octanol–water partition coefficient (Wildman–Crippen LogP) is 2.06. The molecule has 0 spiro atoms. The van der Waals surface area contributed by atoms with E-state index in [0.717, 1.165) is 5.56 Å². The van der Waals surface area contributed by atoms with Gasteiger partial charge < -0.3 is 9.47 Å².